The van der Waals surface area contributed by atoms with E-state index < -0.39 is 45.7 Å². The van der Waals surface area contributed by atoms with Gasteiger partial charge in [-0.1, -0.05) is 0 Å². The lowest BCUT2D eigenvalue weighted by atomic mass is 10.0. The van der Waals surface area contributed by atoms with Crippen molar-refractivity contribution in [3.05, 3.63) is 0 Å². The third kappa shape index (κ3) is 8.37. The Morgan fingerprint density at radius 1 is 0.962 bits per heavy atom. The Labute approximate surface area is 155 Å². The molecule has 0 radical (unpaired) electrons. The Balaban J connectivity index is 4.49. The van der Waals surface area contributed by atoms with Crippen molar-refractivity contribution in [2.75, 3.05) is 33.0 Å². The second kappa shape index (κ2) is 13.5. The van der Waals surface area contributed by atoms with Crippen LogP contribution in [0.2, 0.25) is 6.04 Å². The minimum Gasteiger partial charge on any atom is -0.394 e. The summed E-state index contributed by atoms with van der Waals surface area (Å²) in [5.74, 6) is -0.904. The summed E-state index contributed by atoms with van der Waals surface area (Å²) >= 11 is 0. The highest BCUT2D eigenvalue weighted by Crippen LogP contribution is 2.17. The van der Waals surface area contributed by atoms with Gasteiger partial charge in [-0.25, -0.2) is 0 Å². The predicted molar refractivity (Wildman–Crippen MR) is 94.2 cm³/mol. The lowest BCUT2D eigenvalue weighted by Gasteiger charge is -2.28. The average molecular weight is 400 g/mol. The summed E-state index contributed by atoms with van der Waals surface area (Å²) in [5.41, 5.74) is 0. The highest BCUT2D eigenvalue weighted by atomic mass is 28.4. The quantitative estimate of drug-likeness (QED) is 0.135. The molecule has 11 heteroatoms. The molecule has 1 amide bonds. The van der Waals surface area contributed by atoms with Crippen molar-refractivity contribution in [3.8, 4) is 0 Å². The molecule has 0 aromatic rings. The number of nitrogens with one attached hydrogen (secondary N) is 1. The van der Waals surface area contributed by atoms with Crippen molar-refractivity contribution in [3.63, 3.8) is 0 Å². The first-order valence-electron chi connectivity index (χ1n) is 8.81. The van der Waals surface area contributed by atoms with E-state index in [0.717, 1.165) is 0 Å². The van der Waals surface area contributed by atoms with Gasteiger partial charge in [-0.05, 0) is 27.2 Å². The van der Waals surface area contributed by atoms with Crippen LogP contribution in [0.5, 0.6) is 0 Å². The van der Waals surface area contributed by atoms with Crippen LogP contribution < -0.4 is 5.32 Å². The van der Waals surface area contributed by atoms with Gasteiger partial charge in [0.05, 0.1) is 6.61 Å². The normalized spacial score (nSPS) is 16.8. The third-order valence-corrected chi connectivity index (χ3v) is 6.73. The molecular weight excluding hydrogens is 366 g/mol. The number of aliphatic hydroxyl groups is 5. The molecule has 4 atom stereocenters. The van der Waals surface area contributed by atoms with Crippen LogP contribution in [0.3, 0.4) is 0 Å². The Bertz CT molecular complexity index is 371. The van der Waals surface area contributed by atoms with E-state index in [4.69, 9.17) is 18.4 Å². The summed E-state index contributed by atoms with van der Waals surface area (Å²) in [6.07, 6.45) is -6.93. The highest BCUT2D eigenvalue weighted by molar-refractivity contribution is 6.60. The van der Waals surface area contributed by atoms with E-state index in [0.29, 0.717) is 32.3 Å². The van der Waals surface area contributed by atoms with Crippen LogP contribution in [-0.4, -0.2) is 97.6 Å². The number of amides is 1. The third-order valence-electron chi connectivity index (χ3n) is 3.58. The second-order valence-electron chi connectivity index (χ2n) is 5.55. The van der Waals surface area contributed by atoms with Gasteiger partial charge in [0, 0.05) is 32.4 Å². The molecule has 0 heterocycles. The van der Waals surface area contributed by atoms with Crippen LogP contribution in [0, 0.1) is 0 Å². The molecule has 0 aliphatic rings. The summed E-state index contributed by atoms with van der Waals surface area (Å²) in [6.45, 7) is 6.19. The Morgan fingerprint density at radius 2 is 1.46 bits per heavy atom. The van der Waals surface area contributed by atoms with Crippen LogP contribution in [-0.2, 0) is 18.1 Å². The van der Waals surface area contributed by atoms with Crippen LogP contribution in [0.1, 0.15) is 27.2 Å². The van der Waals surface area contributed by atoms with E-state index in [1.165, 1.54) is 0 Å². The standard InChI is InChI=1S/C15H33NO9Si/c1-4-23-26(24-5-2,25-6-3)9-7-8-16-15(22)14(21)13(20)12(19)11(18)10-17/h11-14,17-21H,4-10H2,1-3H3,(H,16,22)/t11-,12-,13+,14-/m1/s1. The molecule has 156 valence electrons. The fourth-order valence-corrected chi connectivity index (χ4v) is 4.91. The first-order chi connectivity index (χ1) is 12.3. The second-order valence-corrected chi connectivity index (χ2v) is 8.28. The summed E-state index contributed by atoms with van der Waals surface area (Å²) in [7, 11) is -2.82. The molecule has 0 fully saturated rings. The Hall–Kier alpha value is -0.633. The molecule has 0 aliphatic carbocycles. The van der Waals surface area contributed by atoms with E-state index in [-0.39, 0.29) is 6.54 Å². The van der Waals surface area contributed by atoms with E-state index in [1.54, 1.807) is 0 Å². The van der Waals surface area contributed by atoms with E-state index in [9.17, 15) is 25.2 Å². The molecule has 0 aromatic carbocycles. The van der Waals surface area contributed by atoms with Gasteiger partial charge < -0.3 is 44.1 Å². The largest absolute Gasteiger partial charge is 0.500 e. The first kappa shape index (κ1) is 25.4. The number of aliphatic hydroxyl groups excluding tert-OH is 5. The Kier molecular flexibility index (Phi) is 13.2. The average Bonchev–Trinajstić information content (AvgIpc) is 2.63. The van der Waals surface area contributed by atoms with Gasteiger partial charge in [-0.15, -0.1) is 0 Å². The van der Waals surface area contributed by atoms with Crippen molar-refractivity contribution in [2.24, 2.45) is 0 Å². The molecule has 6 N–H and O–H groups in total. The van der Waals surface area contributed by atoms with Crippen molar-refractivity contribution in [1.82, 2.24) is 5.32 Å². The van der Waals surface area contributed by atoms with Crippen LogP contribution in [0.4, 0.5) is 0 Å². The summed E-state index contributed by atoms with van der Waals surface area (Å²) in [6, 6.07) is 0.466. The molecule has 0 saturated carbocycles. The van der Waals surface area contributed by atoms with Gasteiger partial charge in [-0.2, -0.15) is 0 Å². The number of carbonyl (C=O) groups is 1. The van der Waals surface area contributed by atoms with Gasteiger partial charge in [0.15, 0.2) is 6.10 Å². The molecule has 0 aliphatic heterocycles. The summed E-state index contributed by atoms with van der Waals surface area (Å²) in [4.78, 5) is 11.8. The highest BCUT2D eigenvalue weighted by Gasteiger charge is 2.40. The molecule has 26 heavy (non-hydrogen) atoms. The van der Waals surface area contributed by atoms with Crippen LogP contribution >= 0.6 is 0 Å². The minimum atomic E-state index is -2.82. The molecule has 0 saturated heterocycles. The lowest BCUT2D eigenvalue weighted by molar-refractivity contribution is -0.148. The molecule has 0 rings (SSSR count). The van der Waals surface area contributed by atoms with Gasteiger partial charge >= 0.3 is 8.80 Å². The van der Waals surface area contributed by atoms with Crippen molar-refractivity contribution in [1.29, 1.82) is 0 Å². The summed E-state index contributed by atoms with van der Waals surface area (Å²) in [5, 5.41) is 49.3. The molecule has 10 nitrogen and oxygen atoms in total. The fourth-order valence-electron chi connectivity index (χ4n) is 2.30. The zero-order valence-corrected chi connectivity index (χ0v) is 16.6. The molecule has 0 unspecified atom stereocenters. The predicted octanol–water partition coefficient (Wildman–Crippen LogP) is -2.02. The number of carbonyl (C=O) groups excluding carboxylic acids is 1. The molecule has 0 aromatic heterocycles. The molecule has 0 spiro atoms. The maximum absolute atomic E-state index is 11.8. The van der Waals surface area contributed by atoms with Crippen molar-refractivity contribution in [2.45, 2.75) is 57.7 Å². The topological polar surface area (TPSA) is 158 Å². The maximum Gasteiger partial charge on any atom is 0.500 e. The van der Waals surface area contributed by atoms with Crippen LogP contribution in [0.15, 0.2) is 0 Å². The van der Waals surface area contributed by atoms with Gasteiger partial charge in [0.25, 0.3) is 5.91 Å². The van der Waals surface area contributed by atoms with E-state index in [2.05, 4.69) is 5.32 Å². The maximum atomic E-state index is 11.8. The summed E-state index contributed by atoms with van der Waals surface area (Å²) < 4.78 is 17.0. The van der Waals surface area contributed by atoms with Crippen molar-refractivity contribution >= 4 is 14.7 Å². The van der Waals surface area contributed by atoms with E-state index in [1.807, 2.05) is 20.8 Å². The number of hydrogen-bond acceptors (Lipinski definition) is 9. The minimum absolute atomic E-state index is 0.170. The smallest absolute Gasteiger partial charge is 0.394 e. The van der Waals surface area contributed by atoms with Gasteiger partial charge in [0.2, 0.25) is 0 Å². The number of rotatable bonds is 15. The van der Waals surface area contributed by atoms with Gasteiger partial charge in [0.1, 0.15) is 18.3 Å². The van der Waals surface area contributed by atoms with Crippen molar-refractivity contribution < 1.29 is 43.6 Å². The van der Waals surface area contributed by atoms with Gasteiger partial charge in [-0.3, -0.25) is 4.79 Å². The first-order valence-corrected chi connectivity index (χ1v) is 10.7. The van der Waals surface area contributed by atoms with Crippen LogP contribution in [0.25, 0.3) is 0 Å². The lowest BCUT2D eigenvalue weighted by Crippen LogP contribution is -2.52. The number of hydrogen-bond donors (Lipinski definition) is 6. The molecule has 0 bridgehead atoms. The fraction of sp³-hybridized carbons (Fsp3) is 0.933. The van der Waals surface area contributed by atoms with E-state index >= 15 is 0 Å². The zero-order valence-electron chi connectivity index (χ0n) is 15.6. The Morgan fingerprint density at radius 3 is 1.88 bits per heavy atom. The molecular formula is C15H33NO9Si. The monoisotopic (exact) mass is 399 g/mol. The SMILES string of the molecule is CCO[Si](CCCNC(=O)[C@H](O)[C@@H](O)[C@H](O)[C@H](O)CO)(OCC)OCC. The zero-order chi connectivity index (χ0) is 20.2.